The van der Waals surface area contributed by atoms with E-state index in [-0.39, 0.29) is 42.4 Å². The van der Waals surface area contributed by atoms with Crippen molar-refractivity contribution in [3.05, 3.63) is 29.6 Å². The number of phenolic OH excluding ortho intramolecular Hbond substituents is 1. The van der Waals surface area contributed by atoms with Crippen LogP contribution < -0.4 is 5.32 Å². The van der Waals surface area contributed by atoms with E-state index < -0.39 is 0 Å². The first-order valence-corrected chi connectivity index (χ1v) is 7.06. The molecule has 122 valence electrons. The molecule has 1 unspecified atom stereocenters. The highest BCUT2D eigenvalue weighted by Gasteiger charge is 2.28. The van der Waals surface area contributed by atoms with Crippen molar-refractivity contribution in [2.24, 2.45) is 5.92 Å². The van der Waals surface area contributed by atoms with Crippen molar-refractivity contribution in [1.29, 1.82) is 0 Å². The minimum absolute atomic E-state index is 0. The van der Waals surface area contributed by atoms with E-state index in [9.17, 15) is 9.50 Å². The van der Waals surface area contributed by atoms with Crippen LogP contribution in [0, 0.1) is 11.7 Å². The molecule has 6 heteroatoms. The van der Waals surface area contributed by atoms with Crippen LogP contribution in [0.2, 0.25) is 0 Å². The lowest BCUT2D eigenvalue weighted by Gasteiger charge is -2.38. The summed E-state index contributed by atoms with van der Waals surface area (Å²) in [4.78, 5) is 2.35. The molecule has 3 nitrogen and oxygen atoms in total. The van der Waals surface area contributed by atoms with Gasteiger partial charge in [-0.05, 0) is 24.1 Å². The molecule has 0 aromatic heterocycles. The van der Waals surface area contributed by atoms with Crippen LogP contribution in [-0.2, 0) is 0 Å². The normalized spacial score (nSPS) is 18.2. The summed E-state index contributed by atoms with van der Waals surface area (Å²) >= 11 is 0. The molecule has 1 saturated heterocycles. The maximum Gasteiger partial charge on any atom is 0.123 e. The standard InChI is InChI=1S/C15H23FN2O.2ClH/c1-3-11(2)15(18-8-6-17-7-9-18)13-10-12(16)4-5-14(13)19;;/h4-5,10-11,15,17,19H,3,6-9H2,1-2H3;2*1H/t11?,15-;;/m0../s1. The third-order valence-corrected chi connectivity index (χ3v) is 4.04. The van der Waals surface area contributed by atoms with Crippen LogP contribution in [0.3, 0.4) is 0 Å². The van der Waals surface area contributed by atoms with Crippen molar-refractivity contribution < 1.29 is 9.50 Å². The third-order valence-electron chi connectivity index (χ3n) is 4.04. The Kier molecular flexibility index (Phi) is 9.22. The Morgan fingerprint density at radius 3 is 2.48 bits per heavy atom. The lowest BCUT2D eigenvalue weighted by Crippen LogP contribution is -2.46. The van der Waals surface area contributed by atoms with Gasteiger partial charge in [0.25, 0.3) is 0 Å². The van der Waals surface area contributed by atoms with Gasteiger partial charge in [-0.3, -0.25) is 4.90 Å². The van der Waals surface area contributed by atoms with Gasteiger partial charge >= 0.3 is 0 Å². The zero-order chi connectivity index (χ0) is 13.8. The SMILES string of the molecule is CCC(C)[C@@H](c1cc(F)ccc1O)N1CCNCC1.Cl.Cl. The summed E-state index contributed by atoms with van der Waals surface area (Å²) in [6, 6.07) is 4.34. The highest BCUT2D eigenvalue weighted by molar-refractivity contribution is 5.85. The summed E-state index contributed by atoms with van der Waals surface area (Å²) in [7, 11) is 0. The van der Waals surface area contributed by atoms with Crippen molar-refractivity contribution >= 4 is 24.8 Å². The van der Waals surface area contributed by atoms with Crippen LogP contribution in [0.25, 0.3) is 0 Å². The van der Waals surface area contributed by atoms with Crippen molar-refractivity contribution in [1.82, 2.24) is 10.2 Å². The molecule has 1 heterocycles. The topological polar surface area (TPSA) is 35.5 Å². The van der Waals surface area contributed by atoms with Crippen LogP contribution in [0.15, 0.2) is 18.2 Å². The summed E-state index contributed by atoms with van der Waals surface area (Å²) in [5, 5.41) is 13.4. The van der Waals surface area contributed by atoms with Crippen molar-refractivity contribution in [2.75, 3.05) is 26.2 Å². The smallest absolute Gasteiger partial charge is 0.123 e. The molecule has 21 heavy (non-hydrogen) atoms. The molecule has 1 aliphatic heterocycles. The number of nitrogens with one attached hydrogen (secondary N) is 1. The Balaban J connectivity index is 0.00000200. The molecule has 0 saturated carbocycles. The Morgan fingerprint density at radius 2 is 1.90 bits per heavy atom. The zero-order valence-corrected chi connectivity index (χ0v) is 14.1. The summed E-state index contributed by atoms with van der Waals surface area (Å²) in [6.45, 7) is 8.06. The van der Waals surface area contributed by atoms with E-state index in [1.165, 1.54) is 18.2 Å². The minimum Gasteiger partial charge on any atom is -0.508 e. The van der Waals surface area contributed by atoms with Gasteiger partial charge in [0, 0.05) is 37.8 Å². The molecule has 0 aliphatic carbocycles. The van der Waals surface area contributed by atoms with Gasteiger partial charge in [-0.1, -0.05) is 20.3 Å². The Morgan fingerprint density at radius 1 is 1.29 bits per heavy atom. The first-order valence-electron chi connectivity index (χ1n) is 7.06. The highest BCUT2D eigenvalue weighted by Crippen LogP contribution is 2.36. The fraction of sp³-hybridized carbons (Fsp3) is 0.600. The van der Waals surface area contributed by atoms with Crippen molar-refractivity contribution in [3.8, 4) is 5.75 Å². The van der Waals surface area contributed by atoms with E-state index in [0.717, 1.165) is 38.2 Å². The second-order valence-corrected chi connectivity index (χ2v) is 5.32. The summed E-state index contributed by atoms with van der Waals surface area (Å²) in [5.74, 6) is 0.298. The minimum atomic E-state index is -0.281. The van der Waals surface area contributed by atoms with Gasteiger partial charge in [0.1, 0.15) is 11.6 Å². The number of benzene rings is 1. The predicted molar refractivity (Wildman–Crippen MR) is 89.2 cm³/mol. The third kappa shape index (κ3) is 4.99. The second kappa shape index (κ2) is 9.46. The number of rotatable bonds is 4. The molecular weight excluding hydrogens is 314 g/mol. The number of aromatic hydroxyl groups is 1. The second-order valence-electron chi connectivity index (χ2n) is 5.32. The number of hydrogen-bond acceptors (Lipinski definition) is 3. The molecule has 2 atom stereocenters. The quantitative estimate of drug-likeness (QED) is 0.883. The molecule has 2 rings (SSSR count). The Labute approximate surface area is 138 Å². The average molecular weight is 339 g/mol. The van der Waals surface area contributed by atoms with Crippen LogP contribution >= 0.6 is 24.8 Å². The van der Waals surface area contributed by atoms with E-state index in [0.29, 0.717) is 5.92 Å². The van der Waals surface area contributed by atoms with E-state index in [1.54, 1.807) is 0 Å². The summed E-state index contributed by atoms with van der Waals surface area (Å²) in [5.41, 5.74) is 0.719. The van der Waals surface area contributed by atoms with E-state index >= 15 is 0 Å². The summed E-state index contributed by atoms with van der Waals surface area (Å²) < 4.78 is 13.5. The highest BCUT2D eigenvalue weighted by atomic mass is 35.5. The van der Waals surface area contributed by atoms with Crippen LogP contribution in [0.5, 0.6) is 5.75 Å². The molecular formula is C15H25Cl2FN2O. The number of piperazine rings is 1. The lowest BCUT2D eigenvalue weighted by molar-refractivity contribution is 0.126. The van der Waals surface area contributed by atoms with E-state index in [2.05, 4.69) is 24.1 Å². The monoisotopic (exact) mass is 338 g/mol. The van der Waals surface area contributed by atoms with Gasteiger partial charge in [0.2, 0.25) is 0 Å². The molecule has 1 fully saturated rings. The molecule has 1 aromatic rings. The van der Waals surface area contributed by atoms with Crippen LogP contribution in [0.1, 0.15) is 31.9 Å². The van der Waals surface area contributed by atoms with Crippen molar-refractivity contribution in [2.45, 2.75) is 26.3 Å². The van der Waals surface area contributed by atoms with E-state index in [4.69, 9.17) is 0 Å². The van der Waals surface area contributed by atoms with Gasteiger partial charge in [0.15, 0.2) is 0 Å². The Bertz CT molecular complexity index is 428. The average Bonchev–Trinajstić information content (AvgIpc) is 2.44. The van der Waals surface area contributed by atoms with Gasteiger partial charge in [-0.2, -0.15) is 0 Å². The molecule has 0 bridgehead atoms. The largest absolute Gasteiger partial charge is 0.508 e. The predicted octanol–water partition coefficient (Wildman–Crippen LogP) is 3.37. The molecule has 1 aliphatic rings. The molecule has 0 spiro atoms. The fourth-order valence-corrected chi connectivity index (χ4v) is 2.81. The molecule has 2 N–H and O–H groups in total. The maximum absolute atomic E-state index is 13.5. The van der Waals surface area contributed by atoms with E-state index in [1.807, 2.05) is 0 Å². The Hall–Kier alpha value is -0.550. The van der Waals surface area contributed by atoms with Crippen LogP contribution in [-0.4, -0.2) is 36.2 Å². The van der Waals surface area contributed by atoms with Gasteiger partial charge in [-0.25, -0.2) is 4.39 Å². The number of hydrogen-bond donors (Lipinski definition) is 2. The fourth-order valence-electron chi connectivity index (χ4n) is 2.81. The van der Waals surface area contributed by atoms with Gasteiger partial charge in [0.05, 0.1) is 0 Å². The first-order chi connectivity index (χ1) is 9.13. The number of nitrogens with zero attached hydrogens (tertiary/aromatic N) is 1. The van der Waals surface area contributed by atoms with Crippen molar-refractivity contribution in [3.63, 3.8) is 0 Å². The van der Waals surface area contributed by atoms with Gasteiger partial charge in [-0.15, -0.1) is 24.8 Å². The number of halogens is 3. The lowest BCUT2D eigenvalue weighted by atomic mass is 9.90. The summed E-state index contributed by atoms with van der Waals surface area (Å²) in [6.07, 6.45) is 1.00. The zero-order valence-electron chi connectivity index (χ0n) is 12.5. The maximum atomic E-state index is 13.5. The van der Waals surface area contributed by atoms with Gasteiger partial charge < -0.3 is 10.4 Å². The number of phenols is 1. The van der Waals surface area contributed by atoms with Crippen LogP contribution in [0.4, 0.5) is 4.39 Å². The molecule has 0 amide bonds. The molecule has 1 aromatic carbocycles. The first kappa shape index (κ1) is 20.5. The molecule has 0 radical (unpaired) electrons.